The van der Waals surface area contributed by atoms with Crippen molar-refractivity contribution in [2.45, 2.75) is 20.3 Å². The maximum atomic E-state index is 12.4. The van der Waals surface area contributed by atoms with Crippen molar-refractivity contribution in [3.05, 3.63) is 54.1 Å². The molecular weight excluding hydrogens is 418 g/mol. The molecule has 0 spiro atoms. The fourth-order valence-corrected chi connectivity index (χ4v) is 2.53. The monoisotopic (exact) mass is 445 g/mol. The van der Waals surface area contributed by atoms with Gasteiger partial charge in [-0.15, -0.1) is 0 Å². The van der Waals surface area contributed by atoms with E-state index in [0.717, 1.165) is 6.42 Å². The van der Waals surface area contributed by atoms with Crippen molar-refractivity contribution in [1.82, 2.24) is 16.2 Å². The van der Waals surface area contributed by atoms with Crippen molar-refractivity contribution in [1.29, 1.82) is 0 Å². The number of amides is 2. The van der Waals surface area contributed by atoms with Crippen LogP contribution in [0.4, 0.5) is 0 Å². The molecule has 0 aliphatic rings. The first-order valence-corrected chi connectivity index (χ1v) is 10.2. The minimum absolute atomic E-state index is 0.0539. The number of hydrogen-bond donors (Lipinski definition) is 3. The van der Waals surface area contributed by atoms with Gasteiger partial charge in [-0.05, 0) is 54.9 Å². The van der Waals surface area contributed by atoms with Crippen molar-refractivity contribution in [2.75, 3.05) is 20.3 Å². The van der Waals surface area contributed by atoms with Crippen LogP contribution < -0.4 is 30.4 Å². The summed E-state index contributed by atoms with van der Waals surface area (Å²) in [4.78, 5) is 24.3. The number of methoxy groups -OCH3 is 1. The SMILES string of the molecule is COc1ccccc1OCC(=O)NNC(=S)NC(=O)c1cccc(OCCC(C)C)c1. The van der Waals surface area contributed by atoms with Gasteiger partial charge >= 0.3 is 0 Å². The summed E-state index contributed by atoms with van der Waals surface area (Å²) in [6.07, 6.45) is 0.922. The molecule has 2 amide bonds. The Morgan fingerprint density at radius 2 is 1.74 bits per heavy atom. The van der Waals surface area contributed by atoms with Crippen molar-refractivity contribution in [3.8, 4) is 17.2 Å². The molecule has 166 valence electrons. The predicted molar refractivity (Wildman–Crippen MR) is 121 cm³/mol. The summed E-state index contributed by atoms with van der Waals surface area (Å²) < 4.78 is 16.2. The van der Waals surface area contributed by atoms with Gasteiger partial charge in [0.05, 0.1) is 13.7 Å². The quantitative estimate of drug-likeness (QED) is 0.403. The molecule has 8 nitrogen and oxygen atoms in total. The Morgan fingerprint density at radius 3 is 2.45 bits per heavy atom. The van der Waals surface area contributed by atoms with Crippen LogP contribution >= 0.6 is 12.2 Å². The molecule has 0 unspecified atom stereocenters. The average molecular weight is 446 g/mol. The third kappa shape index (κ3) is 8.51. The van der Waals surface area contributed by atoms with Crippen LogP contribution in [-0.2, 0) is 4.79 Å². The highest BCUT2D eigenvalue weighted by atomic mass is 32.1. The van der Waals surface area contributed by atoms with E-state index in [1.807, 2.05) is 0 Å². The first-order valence-electron chi connectivity index (χ1n) is 9.78. The first kappa shape index (κ1) is 23.9. The Balaban J connectivity index is 1.76. The predicted octanol–water partition coefficient (Wildman–Crippen LogP) is 2.83. The molecule has 0 atom stereocenters. The van der Waals surface area contributed by atoms with Crippen LogP contribution in [0, 0.1) is 5.92 Å². The molecule has 3 N–H and O–H groups in total. The van der Waals surface area contributed by atoms with Gasteiger partial charge in [0.15, 0.2) is 23.2 Å². The van der Waals surface area contributed by atoms with Crippen LogP contribution in [0.3, 0.4) is 0 Å². The molecule has 9 heteroatoms. The number of nitrogens with one attached hydrogen (secondary N) is 3. The maximum absolute atomic E-state index is 12.4. The fourth-order valence-electron chi connectivity index (χ4n) is 2.39. The van der Waals surface area contributed by atoms with E-state index >= 15 is 0 Å². The fraction of sp³-hybridized carbons (Fsp3) is 0.318. The van der Waals surface area contributed by atoms with Gasteiger partial charge in [-0.1, -0.05) is 32.0 Å². The molecule has 0 heterocycles. The minimum Gasteiger partial charge on any atom is -0.494 e. The molecule has 0 aliphatic carbocycles. The second kappa shape index (κ2) is 12.4. The van der Waals surface area contributed by atoms with Crippen molar-refractivity contribution < 1.29 is 23.8 Å². The van der Waals surface area contributed by atoms with Crippen LogP contribution in [0.15, 0.2) is 48.5 Å². The minimum atomic E-state index is -0.483. The van der Waals surface area contributed by atoms with E-state index in [2.05, 4.69) is 30.0 Å². The van der Waals surface area contributed by atoms with Gasteiger partial charge in [0.2, 0.25) is 0 Å². The van der Waals surface area contributed by atoms with Crippen molar-refractivity contribution in [2.24, 2.45) is 5.92 Å². The molecule has 2 rings (SSSR count). The number of rotatable bonds is 9. The zero-order chi connectivity index (χ0) is 22.6. The summed E-state index contributed by atoms with van der Waals surface area (Å²) >= 11 is 5.05. The Morgan fingerprint density at radius 1 is 1.00 bits per heavy atom. The van der Waals surface area contributed by atoms with Crippen LogP contribution in [0.2, 0.25) is 0 Å². The second-order valence-corrected chi connectivity index (χ2v) is 7.36. The van der Waals surface area contributed by atoms with Crippen molar-refractivity contribution in [3.63, 3.8) is 0 Å². The van der Waals surface area contributed by atoms with Crippen molar-refractivity contribution >= 4 is 29.1 Å². The Labute approximate surface area is 187 Å². The molecular formula is C22H27N3O5S. The summed E-state index contributed by atoms with van der Waals surface area (Å²) in [6, 6.07) is 13.8. The molecule has 0 aromatic heterocycles. The standard InChI is InChI=1S/C22H27N3O5S/c1-15(2)11-12-29-17-8-6-7-16(13-17)21(27)23-22(31)25-24-20(26)14-30-19-10-5-4-9-18(19)28-3/h4-10,13,15H,11-12,14H2,1-3H3,(H,24,26)(H2,23,25,27,31). The zero-order valence-electron chi connectivity index (χ0n) is 17.8. The van der Waals surface area contributed by atoms with E-state index in [1.165, 1.54) is 7.11 Å². The van der Waals surface area contributed by atoms with Crippen LogP contribution in [0.1, 0.15) is 30.6 Å². The lowest BCUT2D eigenvalue weighted by molar-refractivity contribution is -0.123. The smallest absolute Gasteiger partial charge is 0.276 e. The molecule has 2 aromatic carbocycles. The van der Waals surface area contributed by atoms with Gasteiger partial charge in [-0.25, -0.2) is 0 Å². The normalized spacial score (nSPS) is 10.2. The van der Waals surface area contributed by atoms with Gasteiger partial charge in [-0.3, -0.25) is 25.8 Å². The number of carbonyl (C=O) groups is 2. The number of benzene rings is 2. The number of thiocarbonyl (C=S) groups is 1. The van der Waals surface area contributed by atoms with E-state index in [-0.39, 0.29) is 11.7 Å². The number of para-hydroxylation sites is 2. The summed E-state index contributed by atoms with van der Waals surface area (Å²) in [5.74, 6) is 1.18. The van der Waals surface area contributed by atoms with Gasteiger partial charge < -0.3 is 14.2 Å². The summed E-state index contributed by atoms with van der Waals surface area (Å²) in [5, 5.41) is 2.44. The van der Waals surface area contributed by atoms with Crippen LogP contribution in [0.25, 0.3) is 0 Å². The van der Waals surface area contributed by atoms with E-state index < -0.39 is 11.8 Å². The average Bonchev–Trinajstić information content (AvgIpc) is 2.76. The van der Waals surface area contributed by atoms with E-state index in [1.54, 1.807) is 48.5 Å². The van der Waals surface area contributed by atoms with E-state index in [9.17, 15) is 9.59 Å². The largest absolute Gasteiger partial charge is 0.494 e. The van der Waals surface area contributed by atoms with Gasteiger partial charge in [0.25, 0.3) is 11.8 Å². The third-order valence-corrected chi connectivity index (χ3v) is 4.23. The highest BCUT2D eigenvalue weighted by Gasteiger charge is 2.11. The van der Waals surface area contributed by atoms with Crippen LogP contribution in [0.5, 0.6) is 17.2 Å². The number of ether oxygens (including phenoxy) is 3. The van der Waals surface area contributed by atoms with Gasteiger partial charge in [0, 0.05) is 5.56 Å². The highest BCUT2D eigenvalue weighted by Crippen LogP contribution is 2.25. The lowest BCUT2D eigenvalue weighted by atomic mass is 10.1. The summed E-state index contributed by atoms with van der Waals surface area (Å²) in [6.45, 7) is 4.54. The van der Waals surface area contributed by atoms with Gasteiger partial charge in [-0.2, -0.15) is 0 Å². The molecule has 0 radical (unpaired) electrons. The zero-order valence-corrected chi connectivity index (χ0v) is 18.6. The van der Waals surface area contributed by atoms with E-state index in [0.29, 0.717) is 35.3 Å². The second-order valence-electron chi connectivity index (χ2n) is 6.95. The summed E-state index contributed by atoms with van der Waals surface area (Å²) in [5.41, 5.74) is 5.21. The molecule has 0 bridgehead atoms. The van der Waals surface area contributed by atoms with Crippen LogP contribution in [-0.4, -0.2) is 37.3 Å². The van der Waals surface area contributed by atoms with E-state index in [4.69, 9.17) is 26.4 Å². The highest BCUT2D eigenvalue weighted by molar-refractivity contribution is 7.80. The molecule has 0 fully saturated rings. The lowest BCUT2D eigenvalue weighted by Crippen LogP contribution is -2.49. The molecule has 0 saturated heterocycles. The molecule has 0 aliphatic heterocycles. The number of hydrazine groups is 1. The molecule has 2 aromatic rings. The third-order valence-electron chi connectivity index (χ3n) is 4.03. The molecule has 0 saturated carbocycles. The topological polar surface area (TPSA) is 97.9 Å². The Bertz CT molecular complexity index is 904. The summed E-state index contributed by atoms with van der Waals surface area (Å²) in [7, 11) is 1.51. The van der Waals surface area contributed by atoms with Gasteiger partial charge in [0.1, 0.15) is 5.75 Å². The lowest BCUT2D eigenvalue weighted by Gasteiger charge is -2.13. The number of hydrogen-bond acceptors (Lipinski definition) is 6. The first-order chi connectivity index (χ1) is 14.9. The molecule has 31 heavy (non-hydrogen) atoms. The maximum Gasteiger partial charge on any atom is 0.276 e. The Kier molecular flexibility index (Phi) is 9.57. The Hall–Kier alpha value is -3.33. The number of carbonyl (C=O) groups excluding carboxylic acids is 2.